The normalized spacial score (nSPS) is 11.7. The number of nitro groups is 1. The number of thiophene rings is 1. The summed E-state index contributed by atoms with van der Waals surface area (Å²) < 4.78 is 32.3. The molecule has 0 spiro atoms. The molecule has 0 saturated heterocycles. The van der Waals surface area contributed by atoms with Gasteiger partial charge in [-0.2, -0.15) is 4.31 Å². The molecule has 0 radical (unpaired) electrons. The van der Waals surface area contributed by atoms with Gasteiger partial charge in [0.1, 0.15) is 6.61 Å². The van der Waals surface area contributed by atoms with Crippen molar-refractivity contribution >= 4 is 38.6 Å². The summed E-state index contributed by atoms with van der Waals surface area (Å²) >= 11 is 7.14. The Morgan fingerprint density at radius 3 is 2.44 bits per heavy atom. The number of benzene rings is 1. The summed E-state index contributed by atoms with van der Waals surface area (Å²) in [7, 11) is -3.78. The van der Waals surface area contributed by atoms with Gasteiger partial charge in [0.2, 0.25) is 10.0 Å². The van der Waals surface area contributed by atoms with Gasteiger partial charge in [0.15, 0.2) is 5.75 Å². The van der Waals surface area contributed by atoms with Crippen LogP contribution >= 0.6 is 22.9 Å². The maximum atomic E-state index is 12.5. The summed E-state index contributed by atoms with van der Waals surface area (Å²) in [6.45, 7) is 4.09. The molecule has 2 aromatic rings. The molecule has 25 heavy (non-hydrogen) atoms. The molecule has 1 aromatic heterocycles. The molecule has 0 unspecified atom stereocenters. The maximum Gasteiger partial charge on any atom is 0.312 e. The zero-order valence-electron chi connectivity index (χ0n) is 13.6. The number of ether oxygens (including phenoxy) is 1. The molecular weight excluding hydrogens is 388 g/mol. The molecule has 1 heterocycles. The van der Waals surface area contributed by atoms with E-state index >= 15 is 0 Å². The average Bonchev–Trinajstić information content (AvgIpc) is 2.99. The summed E-state index contributed by atoms with van der Waals surface area (Å²) in [6.07, 6.45) is 0. The summed E-state index contributed by atoms with van der Waals surface area (Å²) in [5.74, 6) is 0.00743. The monoisotopic (exact) mass is 404 g/mol. The van der Waals surface area contributed by atoms with Crippen LogP contribution < -0.4 is 4.74 Å². The molecule has 2 rings (SSSR count). The van der Waals surface area contributed by atoms with E-state index in [-0.39, 0.29) is 30.3 Å². The van der Waals surface area contributed by atoms with Gasteiger partial charge in [0.25, 0.3) is 0 Å². The van der Waals surface area contributed by atoms with Crippen LogP contribution in [0.3, 0.4) is 0 Å². The SMILES string of the molecule is CCN(CC)S(=O)(=O)c1ccc(OCc2ccc(Cl)s2)c([N+](=O)[O-])c1. The Balaban J connectivity index is 2.32. The minimum absolute atomic E-state index is 0.00743. The van der Waals surface area contributed by atoms with E-state index in [2.05, 4.69) is 0 Å². The molecule has 0 aliphatic rings. The lowest BCUT2D eigenvalue weighted by Crippen LogP contribution is -2.30. The van der Waals surface area contributed by atoms with Crippen molar-refractivity contribution in [3.05, 3.63) is 49.7 Å². The van der Waals surface area contributed by atoms with Crippen LogP contribution in [0, 0.1) is 10.1 Å². The van der Waals surface area contributed by atoms with Crippen LogP contribution in [0.5, 0.6) is 5.75 Å². The molecule has 10 heteroatoms. The third-order valence-corrected chi connectivity index (χ3v) is 6.72. The predicted molar refractivity (Wildman–Crippen MR) is 96.9 cm³/mol. The first-order valence-electron chi connectivity index (χ1n) is 7.45. The molecule has 7 nitrogen and oxygen atoms in total. The quantitative estimate of drug-likeness (QED) is 0.491. The topological polar surface area (TPSA) is 89.8 Å². The van der Waals surface area contributed by atoms with Gasteiger partial charge in [-0.15, -0.1) is 11.3 Å². The third-order valence-electron chi connectivity index (χ3n) is 3.47. The first-order chi connectivity index (χ1) is 11.8. The number of nitro benzene ring substituents is 1. The van der Waals surface area contributed by atoms with Crippen molar-refractivity contribution in [1.29, 1.82) is 0 Å². The fourth-order valence-corrected chi connectivity index (χ4v) is 4.69. The molecule has 0 fully saturated rings. The molecule has 1 aromatic carbocycles. The van der Waals surface area contributed by atoms with Gasteiger partial charge in [-0.05, 0) is 24.3 Å². The third kappa shape index (κ3) is 4.49. The second kappa shape index (κ2) is 8.13. The van der Waals surface area contributed by atoms with Gasteiger partial charge < -0.3 is 4.74 Å². The highest BCUT2D eigenvalue weighted by molar-refractivity contribution is 7.89. The smallest absolute Gasteiger partial charge is 0.312 e. The summed E-state index contributed by atoms with van der Waals surface area (Å²) in [5, 5.41) is 11.3. The Kier molecular flexibility index (Phi) is 6.39. The summed E-state index contributed by atoms with van der Waals surface area (Å²) in [5.41, 5.74) is -0.393. The van der Waals surface area contributed by atoms with Gasteiger partial charge in [0, 0.05) is 24.0 Å². The molecule has 0 saturated carbocycles. The first-order valence-corrected chi connectivity index (χ1v) is 10.1. The van der Waals surface area contributed by atoms with Crippen LogP contribution in [-0.2, 0) is 16.6 Å². The zero-order chi connectivity index (χ0) is 18.6. The average molecular weight is 405 g/mol. The lowest BCUT2D eigenvalue weighted by atomic mass is 10.3. The highest BCUT2D eigenvalue weighted by Crippen LogP contribution is 2.32. The fraction of sp³-hybridized carbons (Fsp3) is 0.333. The summed E-state index contributed by atoms with van der Waals surface area (Å²) in [4.78, 5) is 11.3. The van der Waals surface area contributed by atoms with Crippen molar-refractivity contribution in [1.82, 2.24) is 4.31 Å². The minimum Gasteiger partial charge on any atom is -0.481 e. The van der Waals surface area contributed by atoms with Gasteiger partial charge in [-0.25, -0.2) is 8.42 Å². The number of hydrogen-bond acceptors (Lipinski definition) is 6. The molecular formula is C15H17ClN2O5S2. The Morgan fingerprint density at radius 2 is 1.92 bits per heavy atom. The number of sulfonamides is 1. The van der Waals surface area contributed by atoms with E-state index in [1.807, 2.05) is 0 Å². The van der Waals surface area contributed by atoms with Crippen LogP contribution in [0.25, 0.3) is 0 Å². The second-order valence-corrected chi connectivity index (χ2v) is 8.71. The van der Waals surface area contributed by atoms with Crippen molar-refractivity contribution < 1.29 is 18.1 Å². The van der Waals surface area contributed by atoms with Crippen LogP contribution in [0.1, 0.15) is 18.7 Å². The largest absolute Gasteiger partial charge is 0.481 e. The van der Waals surface area contributed by atoms with Crippen molar-refractivity contribution in [2.24, 2.45) is 0 Å². The molecule has 0 amide bonds. The predicted octanol–water partition coefficient (Wildman–Crippen LogP) is 3.92. The maximum absolute atomic E-state index is 12.5. The van der Waals surface area contributed by atoms with Crippen molar-refractivity contribution in [2.75, 3.05) is 13.1 Å². The molecule has 136 valence electrons. The van der Waals surface area contributed by atoms with Crippen molar-refractivity contribution in [3.8, 4) is 5.75 Å². The molecule has 0 atom stereocenters. The molecule has 0 aliphatic carbocycles. The number of halogens is 1. The van der Waals surface area contributed by atoms with Gasteiger partial charge in [-0.3, -0.25) is 10.1 Å². The minimum atomic E-state index is -3.78. The highest BCUT2D eigenvalue weighted by atomic mass is 35.5. The van der Waals surface area contributed by atoms with Gasteiger partial charge in [-0.1, -0.05) is 25.4 Å². The number of nitrogens with zero attached hydrogens (tertiary/aromatic N) is 2. The lowest BCUT2D eigenvalue weighted by Gasteiger charge is -2.18. The van der Waals surface area contributed by atoms with Crippen LogP contribution in [0.4, 0.5) is 5.69 Å². The highest BCUT2D eigenvalue weighted by Gasteiger charge is 2.26. The van der Waals surface area contributed by atoms with Crippen LogP contribution in [-0.4, -0.2) is 30.7 Å². The fourth-order valence-electron chi connectivity index (χ4n) is 2.21. The van der Waals surface area contributed by atoms with E-state index in [0.717, 1.165) is 10.9 Å². The number of rotatable bonds is 8. The van der Waals surface area contributed by atoms with Crippen molar-refractivity contribution in [3.63, 3.8) is 0 Å². The van der Waals surface area contributed by atoms with E-state index in [1.165, 1.54) is 27.8 Å². The number of hydrogen-bond donors (Lipinski definition) is 0. The van der Waals surface area contributed by atoms with E-state index in [4.69, 9.17) is 16.3 Å². The van der Waals surface area contributed by atoms with Crippen LogP contribution in [0.2, 0.25) is 4.34 Å². The van der Waals surface area contributed by atoms with Crippen molar-refractivity contribution in [2.45, 2.75) is 25.3 Å². The Hall–Kier alpha value is -1.68. The first kappa shape index (κ1) is 19.6. The van der Waals surface area contributed by atoms with E-state index in [9.17, 15) is 18.5 Å². The van der Waals surface area contributed by atoms with Gasteiger partial charge in [0.05, 0.1) is 14.2 Å². The zero-order valence-corrected chi connectivity index (χ0v) is 16.0. The summed E-state index contributed by atoms with van der Waals surface area (Å²) in [6, 6.07) is 7.13. The standard InChI is InChI=1S/C15H17ClN2O5S2/c1-3-17(4-2)25(21,22)12-6-7-14(13(9-12)18(19)20)23-10-11-5-8-15(16)24-11/h5-9H,3-4,10H2,1-2H3. The van der Waals surface area contributed by atoms with E-state index in [0.29, 0.717) is 4.34 Å². The molecule has 0 bridgehead atoms. The van der Waals surface area contributed by atoms with Crippen LogP contribution in [0.15, 0.2) is 35.2 Å². The van der Waals surface area contributed by atoms with E-state index in [1.54, 1.807) is 26.0 Å². The molecule has 0 N–H and O–H groups in total. The Morgan fingerprint density at radius 1 is 1.24 bits per heavy atom. The lowest BCUT2D eigenvalue weighted by molar-refractivity contribution is -0.386. The van der Waals surface area contributed by atoms with E-state index < -0.39 is 20.6 Å². The van der Waals surface area contributed by atoms with Gasteiger partial charge >= 0.3 is 5.69 Å². The molecule has 0 aliphatic heterocycles. The second-order valence-electron chi connectivity index (χ2n) is 4.97. The Labute approximate surface area is 155 Å². The Bertz CT molecular complexity index is 863.